The third-order valence-electron chi connectivity index (χ3n) is 4.31. The predicted octanol–water partition coefficient (Wildman–Crippen LogP) is 5.06. The van der Waals surface area contributed by atoms with E-state index >= 15 is 0 Å². The minimum absolute atomic E-state index is 0.417. The number of hydrogen-bond acceptors (Lipinski definition) is 5. The lowest BCUT2D eigenvalue weighted by Crippen LogP contribution is -2.04. The van der Waals surface area contributed by atoms with E-state index in [2.05, 4.69) is 41.1 Å². The minimum atomic E-state index is -0.612. The van der Waals surface area contributed by atoms with E-state index in [9.17, 15) is 9.59 Å². The fourth-order valence-corrected chi connectivity index (χ4v) is 2.97. The van der Waals surface area contributed by atoms with E-state index in [1.165, 1.54) is 17.2 Å². The second-order valence-electron chi connectivity index (χ2n) is 6.24. The van der Waals surface area contributed by atoms with Crippen molar-refractivity contribution in [2.75, 3.05) is 0 Å². The Morgan fingerprint density at radius 2 is 1.43 bits per heavy atom. The molecule has 1 aliphatic rings. The molecule has 0 fully saturated rings. The van der Waals surface area contributed by atoms with E-state index in [4.69, 9.17) is 4.74 Å². The van der Waals surface area contributed by atoms with Crippen molar-refractivity contribution in [2.24, 2.45) is 0 Å². The molecule has 0 atom stereocenters. The molecule has 150 valence electrons. The van der Waals surface area contributed by atoms with Gasteiger partial charge in [-0.2, -0.15) is 0 Å². The lowest BCUT2D eigenvalue weighted by molar-refractivity contribution is -0.207. The molecule has 0 spiro atoms. The second-order valence-corrected chi connectivity index (χ2v) is 6.24. The number of fused-ring (bicyclic) bond motifs is 3. The Bertz CT molecular complexity index is 1070. The summed E-state index contributed by atoms with van der Waals surface area (Å²) in [6.07, 6.45) is 3.02. The van der Waals surface area contributed by atoms with Crippen molar-refractivity contribution in [3.05, 3.63) is 109 Å². The number of para-hydroxylation sites is 1. The van der Waals surface area contributed by atoms with E-state index in [1.807, 2.05) is 30.3 Å². The van der Waals surface area contributed by atoms with Gasteiger partial charge in [0, 0.05) is 24.1 Å². The third-order valence-corrected chi connectivity index (χ3v) is 4.31. The van der Waals surface area contributed by atoms with Gasteiger partial charge in [-0.3, -0.25) is 4.89 Å². The summed E-state index contributed by atoms with van der Waals surface area (Å²) in [6, 6.07) is 22.8. The lowest BCUT2D eigenvalue weighted by atomic mass is 10.1. The maximum atomic E-state index is 11.3. The van der Waals surface area contributed by atoms with Gasteiger partial charge in [-0.15, -0.1) is 0 Å². The fourth-order valence-electron chi connectivity index (χ4n) is 2.97. The van der Waals surface area contributed by atoms with Crippen molar-refractivity contribution in [3.63, 3.8) is 0 Å². The molecule has 30 heavy (non-hydrogen) atoms. The van der Waals surface area contributed by atoms with Gasteiger partial charge in [0.05, 0.1) is 0 Å². The zero-order chi connectivity index (χ0) is 21.3. The molecule has 5 nitrogen and oxygen atoms in total. The molecule has 4 rings (SSSR count). The van der Waals surface area contributed by atoms with Gasteiger partial charge in [0.15, 0.2) is 5.75 Å². The molecule has 0 radical (unpaired) electrons. The van der Waals surface area contributed by atoms with Crippen LogP contribution in [-0.4, -0.2) is 11.9 Å². The van der Waals surface area contributed by atoms with Crippen molar-refractivity contribution in [3.8, 4) is 22.6 Å². The first-order chi connectivity index (χ1) is 14.6. The molecule has 0 heterocycles. The van der Waals surface area contributed by atoms with Crippen LogP contribution in [-0.2, 0) is 20.9 Å². The van der Waals surface area contributed by atoms with Gasteiger partial charge in [0.1, 0.15) is 5.75 Å². The monoisotopic (exact) mass is 400 g/mol. The Morgan fingerprint density at radius 1 is 0.767 bits per heavy atom. The van der Waals surface area contributed by atoms with Crippen molar-refractivity contribution in [2.45, 2.75) is 6.42 Å². The van der Waals surface area contributed by atoms with Crippen LogP contribution in [0, 0.1) is 0 Å². The van der Waals surface area contributed by atoms with Gasteiger partial charge in [0.2, 0.25) is 0 Å². The summed E-state index contributed by atoms with van der Waals surface area (Å²) in [4.78, 5) is 30.8. The van der Waals surface area contributed by atoms with Gasteiger partial charge in [-0.05, 0) is 34.9 Å². The summed E-state index contributed by atoms with van der Waals surface area (Å²) in [5.74, 6) is 0.0829. The van der Waals surface area contributed by atoms with Gasteiger partial charge in [-0.25, -0.2) is 14.5 Å². The summed E-state index contributed by atoms with van der Waals surface area (Å²) in [6.45, 7) is 6.63. The molecular formula is C25H20O5. The summed E-state index contributed by atoms with van der Waals surface area (Å²) < 4.78 is 5.28. The fraction of sp³-hybridized carbons (Fsp3) is 0.0400. The predicted molar refractivity (Wildman–Crippen MR) is 114 cm³/mol. The van der Waals surface area contributed by atoms with Crippen LogP contribution >= 0.6 is 0 Å². The highest BCUT2D eigenvalue weighted by molar-refractivity contribution is 5.85. The number of carbonyl (C=O) groups excluding carboxylic acids is 2. The first-order valence-corrected chi connectivity index (χ1v) is 9.22. The molecule has 0 unspecified atom stereocenters. The van der Waals surface area contributed by atoms with Crippen LogP contribution in [0.25, 0.3) is 11.1 Å². The second kappa shape index (κ2) is 9.89. The molecule has 0 amide bonds. The topological polar surface area (TPSA) is 61.8 Å². The minimum Gasteiger partial charge on any atom is -0.423 e. The zero-order valence-corrected chi connectivity index (χ0v) is 16.2. The molecule has 0 bridgehead atoms. The highest BCUT2D eigenvalue weighted by Crippen LogP contribution is 2.40. The number of benzene rings is 3. The van der Waals surface area contributed by atoms with Crippen molar-refractivity contribution < 1.29 is 24.1 Å². The number of rotatable bonds is 5. The van der Waals surface area contributed by atoms with Crippen molar-refractivity contribution in [1.82, 2.24) is 0 Å². The first kappa shape index (κ1) is 20.6. The van der Waals surface area contributed by atoms with Crippen LogP contribution in [0.15, 0.2) is 98.1 Å². The summed E-state index contributed by atoms with van der Waals surface area (Å²) in [7, 11) is 0. The standard InChI is InChI=1S/C16H12O2.C9H8O3/c1-2-16(17)18-15-9-5-8-13-12-7-4-3-6-11(12)10-14(13)15;1-2-9(10)12-11-8-6-4-3-5-7-8/h2-9H,1,10H2;2-7H,1H2. The van der Waals surface area contributed by atoms with Gasteiger partial charge in [0.25, 0.3) is 0 Å². The van der Waals surface area contributed by atoms with E-state index < -0.39 is 11.9 Å². The van der Waals surface area contributed by atoms with Crippen LogP contribution in [0.3, 0.4) is 0 Å². The molecule has 0 aromatic heterocycles. The average Bonchev–Trinajstić information content (AvgIpc) is 3.18. The smallest absolute Gasteiger partial charge is 0.378 e. The number of carbonyl (C=O) groups is 2. The van der Waals surface area contributed by atoms with Gasteiger partial charge < -0.3 is 4.74 Å². The number of hydrogen-bond donors (Lipinski definition) is 0. The summed E-state index contributed by atoms with van der Waals surface area (Å²) >= 11 is 0. The van der Waals surface area contributed by atoms with Crippen LogP contribution in [0.2, 0.25) is 0 Å². The molecule has 3 aromatic carbocycles. The van der Waals surface area contributed by atoms with Crippen molar-refractivity contribution >= 4 is 11.9 Å². The van der Waals surface area contributed by atoms with Crippen LogP contribution in [0.5, 0.6) is 11.5 Å². The van der Waals surface area contributed by atoms with Crippen LogP contribution < -0.4 is 9.62 Å². The molecular weight excluding hydrogens is 380 g/mol. The third kappa shape index (κ3) is 5.02. The summed E-state index contributed by atoms with van der Waals surface area (Å²) in [5.41, 5.74) is 4.73. The molecule has 1 aliphatic carbocycles. The molecule has 0 saturated heterocycles. The van der Waals surface area contributed by atoms with Crippen LogP contribution in [0.1, 0.15) is 11.1 Å². The Kier molecular flexibility index (Phi) is 6.79. The summed E-state index contributed by atoms with van der Waals surface area (Å²) in [5, 5.41) is 0. The Morgan fingerprint density at radius 3 is 2.17 bits per heavy atom. The zero-order valence-electron chi connectivity index (χ0n) is 16.2. The number of esters is 1. The molecule has 0 N–H and O–H groups in total. The Balaban J connectivity index is 0.000000187. The normalized spacial score (nSPS) is 10.4. The maximum absolute atomic E-state index is 11.3. The van der Waals surface area contributed by atoms with E-state index in [1.54, 1.807) is 24.3 Å². The maximum Gasteiger partial charge on any atom is 0.378 e. The van der Waals surface area contributed by atoms with Gasteiger partial charge >= 0.3 is 11.9 Å². The SMILES string of the molecule is C=CC(=O)OOc1ccccc1.C=CC(=O)Oc1cccc2c1Cc1ccccc1-2. The molecule has 0 saturated carbocycles. The molecule has 0 aliphatic heterocycles. The lowest BCUT2D eigenvalue weighted by Gasteiger charge is -2.07. The largest absolute Gasteiger partial charge is 0.423 e. The van der Waals surface area contributed by atoms with Crippen molar-refractivity contribution in [1.29, 1.82) is 0 Å². The average molecular weight is 400 g/mol. The Labute approximate surface area is 174 Å². The quantitative estimate of drug-likeness (QED) is 0.154. The molecule has 5 heteroatoms. The van der Waals surface area contributed by atoms with Gasteiger partial charge in [-0.1, -0.05) is 67.8 Å². The first-order valence-electron chi connectivity index (χ1n) is 9.22. The highest BCUT2D eigenvalue weighted by Gasteiger charge is 2.21. The molecule has 3 aromatic rings. The van der Waals surface area contributed by atoms with E-state index in [-0.39, 0.29) is 0 Å². The van der Waals surface area contributed by atoms with Crippen LogP contribution in [0.4, 0.5) is 0 Å². The van der Waals surface area contributed by atoms with E-state index in [0.29, 0.717) is 11.5 Å². The Hall–Kier alpha value is -4.12. The van der Waals surface area contributed by atoms with E-state index in [0.717, 1.165) is 23.6 Å². The highest BCUT2D eigenvalue weighted by atomic mass is 17.2. The number of ether oxygens (including phenoxy) is 1.